The van der Waals surface area contributed by atoms with Gasteiger partial charge in [-0.1, -0.05) is 0 Å². The standard InChI is InChI=1S/2C3H6O2/c2*4-3-1-2-5-3/h2*3-4H,1-2H2. The molecule has 2 rings (SSSR count). The van der Waals surface area contributed by atoms with E-state index in [1.807, 2.05) is 0 Å². The quantitative estimate of drug-likeness (QED) is 0.484. The summed E-state index contributed by atoms with van der Waals surface area (Å²) in [4.78, 5) is 0. The molecule has 0 saturated carbocycles. The maximum atomic E-state index is 8.23. The fraction of sp³-hybridized carbons (Fsp3) is 1.00. The van der Waals surface area contributed by atoms with Crippen molar-refractivity contribution < 1.29 is 19.7 Å². The lowest BCUT2D eigenvalue weighted by Gasteiger charge is -2.19. The highest BCUT2D eigenvalue weighted by Crippen LogP contribution is 2.04. The first-order chi connectivity index (χ1) is 4.79. The van der Waals surface area contributed by atoms with E-state index < -0.39 is 12.6 Å². The maximum Gasteiger partial charge on any atom is 0.156 e. The number of hydrogen-bond donors (Lipinski definition) is 2. The molecular formula is C6H12O4. The summed E-state index contributed by atoms with van der Waals surface area (Å²) in [7, 11) is 0. The zero-order valence-corrected chi connectivity index (χ0v) is 5.69. The molecule has 60 valence electrons. The van der Waals surface area contributed by atoms with E-state index >= 15 is 0 Å². The monoisotopic (exact) mass is 148 g/mol. The number of ether oxygens (including phenoxy) is 2. The summed E-state index contributed by atoms with van der Waals surface area (Å²) < 4.78 is 8.97. The van der Waals surface area contributed by atoms with E-state index in [9.17, 15) is 0 Å². The average molecular weight is 148 g/mol. The Morgan fingerprint density at radius 3 is 1.10 bits per heavy atom. The van der Waals surface area contributed by atoms with Crippen LogP contribution in [0.3, 0.4) is 0 Å². The Labute approximate surface area is 59.4 Å². The summed E-state index contributed by atoms with van der Waals surface area (Å²) in [5, 5.41) is 16.5. The number of aliphatic hydroxyl groups is 2. The summed E-state index contributed by atoms with van der Waals surface area (Å²) in [5.74, 6) is 0. The van der Waals surface area contributed by atoms with Gasteiger partial charge in [-0.15, -0.1) is 0 Å². The van der Waals surface area contributed by atoms with Gasteiger partial charge in [0.05, 0.1) is 13.2 Å². The van der Waals surface area contributed by atoms with Gasteiger partial charge in [-0.05, 0) is 0 Å². The molecule has 0 aliphatic carbocycles. The maximum absolute atomic E-state index is 8.23. The van der Waals surface area contributed by atoms with Crippen LogP contribution in [-0.2, 0) is 9.47 Å². The molecule has 2 unspecified atom stereocenters. The lowest BCUT2D eigenvalue weighted by atomic mass is 10.4. The van der Waals surface area contributed by atoms with Gasteiger partial charge in [-0.25, -0.2) is 0 Å². The summed E-state index contributed by atoms with van der Waals surface area (Å²) in [6.45, 7) is 1.47. The van der Waals surface area contributed by atoms with Gasteiger partial charge in [-0.3, -0.25) is 0 Å². The SMILES string of the molecule is OC1CCO1.OC1CCO1. The molecule has 2 N–H and O–H groups in total. The molecule has 0 aromatic heterocycles. The van der Waals surface area contributed by atoms with Crippen LogP contribution in [-0.4, -0.2) is 36.0 Å². The predicted octanol–water partition coefficient (Wildman–Crippen LogP) is -0.550. The lowest BCUT2D eigenvalue weighted by Crippen LogP contribution is -2.25. The van der Waals surface area contributed by atoms with Crippen LogP contribution in [0.4, 0.5) is 0 Å². The number of rotatable bonds is 0. The van der Waals surface area contributed by atoms with Crippen molar-refractivity contribution in [3.8, 4) is 0 Å². The Bertz CT molecular complexity index is 75.7. The van der Waals surface area contributed by atoms with Crippen molar-refractivity contribution in [1.29, 1.82) is 0 Å². The lowest BCUT2D eigenvalue weighted by molar-refractivity contribution is -0.182. The van der Waals surface area contributed by atoms with Gasteiger partial charge < -0.3 is 19.7 Å². The van der Waals surface area contributed by atoms with Crippen molar-refractivity contribution in [3.63, 3.8) is 0 Å². The molecular weight excluding hydrogens is 136 g/mol. The molecule has 0 aromatic rings. The minimum atomic E-state index is -0.435. The van der Waals surface area contributed by atoms with E-state index in [1.165, 1.54) is 0 Å². The first-order valence-corrected chi connectivity index (χ1v) is 3.38. The van der Waals surface area contributed by atoms with E-state index in [2.05, 4.69) is 9.47 Å². The van der Waals surface area contributed by atoms with Gasteiger partial charge in [0.25, 0.3) is 0 Å². The Morgan fingerprint density at radius 2 is 1.10 bits per heavy atom. The highest BCUT2D eigenvalue weighted by atomic mass is 16.6. The van der Waals surface area contributed by atoms with E-state index in [0.29, 0.717) is 0 Å². The molecule has 2 aliphatic heterocycles. The van der Waals surface area contributed by atoms with Crippen LogP contribution in [0.25, 0.3) is 0 Å². The molecule has 0 spiro atoms. The van der Waals surface area contributed by atoms with Crippen LogP contribution in [0.15, 0.2) is 0 Å². The second kappa shape index (κ2) is 3.88. The zero-order chi connectivity index (χ0) is 7.40. The van der Waals surface area contributed by atoms with Crippen molar-refractivity contribution >= 4 is 0 Å². The van der Waals surface area contributed by atoms with E-state index in [-0.39, 0.29) is 0 Å². The molecule has 0 bridgehead atoms. The largest absolute Gasteiger partial charge is 0.368 e. The normalized spacial score (nSPS) is 36.6. The minimum absolute atomic E-state index is 0.435. The predicted molar refractivity (Wildman–Crippen MR) is 33.2 cm³/mol. The topological polar surface area (TPSA) is 58.9 Å². The van der Waals surface area contributed by atoms with Crippen molar-refractivity contribution in [2.45, 2.75) is 25.4 Å². The van der Waals surface area contributed by atoms with Gasteiger partial charge in [0.15, 0.2) is 12.6 Å². The molecule has 4 nitrogen and oxygen atoms in total. The van der Waals surface area contributed by atoms with Crippen LogP contribution in [0.5, 0.6) is 0 Å². The Morgan fingerprint density at radius 1 is 0.900 bits per heavy atom. The van der Waals surface area contributed by atoms with Gasteiger partial charge in [0.2, 0.25) is 0 Å². The number of hydrogen-bond acceptors (Lipinski definition) is 4. The Hall–Kier alpha value is -0.160. The molecule has 4 heteroatoms. The summed E-state index contributed by atoms with van der Waals surface area (Å²) in [6, 6.07) is 0. The van der Waals surface area contributed by atoms with Gasteiger partial charge in [-0.2, -0.15) is 0 Å². The summed E-state index contributed by atoms with van der Waals surface area (Å²) in [6.07, 6.45) is 0.769. The van der Waals surface area contributed by atoms with Gasteiger partial charge in [0.1, 0.15) is 0 Å². The second-order valence-corrected chi connectivity index (χ2v) is 2.23. The molecule has 10 heavy (non-hydrogen) atoms. The smallest absolute Gasteiger partial charge is 0.156 e. The van der Waals surface area contributed by atoms with Crippen LogP contribution in [0.1, 0.15) is 12.8 Å². The highest BCUT2D eigenvalue weighted by Gasteiger charge is 2.12. The van der Waals surface area contributed by atoms with Crippen LogP contribution in [0, 0.1) is 0 Å². The second-order valence-electron chi connectivity index (χ2n) is 2.23. The third kappa shape index (κ3) is 2.62. The van der Waals surface area contributed by atoms with Crippen molar-refractivity contribution in [1.82, 2.24) is 0 Å². The third-order valence-electron chi connectivity index (χ3n) is 1.35. The molecule has 2 heterocycles. The first-order valence-electron chi connectivity index (χ1n) is 3.38. The highest BCUT2D eigenvalue weighted by molar-refractivity contribution is 4.49. The molecule has 2 fully saturated rings. The fourth-order valence-electron chi connectivity index (χ4n) is 0.447. The summed E-state index contributed by atoms with van der Waals surface area (Å²) in [5.41, 5.74) is 0. The van der Waals surface area contributed by atoms with Crippen molar-refractivity contribution in [2.24, 2.45) is 0 Å². The third-order valence-corrected chi connectivity index (χ3v) is 1.35. The Balaban J connectivity index is 0.0000001000. The molecule has 0 aromatic carbocycles. The van der Waals surface area contributed by atoms with E-state index in [0.717, 1.165) is 26.1 Å². The summed E-state index contributed by atoms with van der Waals surface area (Å²) >= 11 is 0. The van der Waals surface area contributed by atoms with Crippen molar-refractivity contribution in [2.75, 3.05) is 13.2 Å². The molecule has 2 saturated heterocycles. The number of aliphatic hydroxyl groups excluding tert-OH is 2. The zero-order valence-electron chi connectivity index (χ0n) is 5.69. The van der Waals surface area contributed by atoms with Crippen LogP contribution in [0.2, 0.25) is 0 Å². The average Bonchev–Trinajstić information content (AvgIpc) is 1.80. The molecule has 2 atom stereocenters. The van der Waals surface area contributed by atoms with Crippen LogP contribution >= 0.6 is 0 Å². The van der Waals surface area contributed by atoms with E-state index in [4.69, 9.17) is 10.2 Å². The van der Waals surface area contributed by atoms with Crippen molar-refractivity contribution in [3.05, 3.63) is 0 Å². The van der Waals surface area contributed by atoms with E-state index in [1.54, 1.807) is 0 Å². The fourth-order valence-corrected chi connectivity index (χ4v) is 0.447. The van der Waals surface area contributed by atoms with Gasteiger partial charge in [0, 0.05) is 12.8 Å². The molecule has 2 aliphatic rings. The minimum Gasteiger partial charge on any atom is -0.368 e. The Kier molecular flexibility index (Phi) is 3.08. The molecule has 0 amide bonds. The van der Waals surface area contributed by atoms with Gasteiger partial charge >= 0.3 is 0 Å². The van der Waals surface area contributed by atoms with Crippen LogP contribution < -0.4 is 0 Å². The molecule has 0 radical (unpaired) electrons. The first kappa shape index (κ1) is 7.94.